The van der Waals surface area contributed by atoms with Gasteiger partial charge in [0.05, 0.1) is 12.2 Å². The molecular weight excluding hydrogens is 236 g/mol. The Morgan fingerprint density at radius 2 is 2.29 bits per heavy atom. The summed E-state index contributed by atoms with van der Waals surface area (Å²) in [4.78, 5) is 0. The average molecular weight is 255 g/mol. The summed E-state index contributed by atoms with van der Waals surface area (Å²) in [6.07, 6.45) is 4.73. The van der Waals surface area contributed by atoms with E-state index >= 15 is 0 Å². The molecule has 2 nitrogen and oxygen atoms in total. The molecule has 1 aliphatic rings. The first-order valence-corrected chi connectivity index (χ1v) is 6.66. The Bertz CT molecular complexity index is 348. The topological polar surface area (TPSA) is 29.5 Å². The van der Waals surface area contributed by atoms with E-state index in [9.17, 15) is 5.11 Å². The number of hydrogen-bond donors (Lipinski definition) is 1. The third kappa shape index (κ3) is 4.30. The van der Waals surface area contributed by atoms with Crippen molar-refractivity contribution in [1.29, 1.82) is 0 Å². The van der Waals surface area contributed by atoms with Crippen LogP contribution in [0.4, 0.5) is 0 Å². The van der Waals surface area contributed by atoms with E-state index in [1.807, 2.05) is 24.3 Å². The van der Waals surface area contributed by atoms with Crippen molar-refractivity contribution >= 4 is 11.6 Å². The van der Waals surface area contributed by atoms with Crippen molar-refractivity contribution in [3.8, 4) is 0 Å². The van der Waals surface area contributed by atoms with Crippen LogP contribution in [0.2, 0.25) is 5.02 Å². The van der Waals surface area contributed by atoms with E-state index in [1.54, 1.807) is 0 Å². The smallest absolute Gasteiger partial charge is 0.0605 e. The van der Waals surface area contributed by atoms with Crippen molar-refractivity contribution in [2.24, 2.45) is 0 Å². The van der Waals surface area contributed by atoms with Crippen LogP contribution in [-0.4, -0.2) is 23.9 Å². The number of hydrogen-bond acceptors (Lipinski definition) is 2. The Labute approximate surface area is 108 Å². The standard InChI is InChI=1S/C14H19ClO2/c15-12-5-3-4-11(8-12)9-13(16)10-14-6-1-2-7-17-14/h3-5,8,13-14,16H,1-2,6-7,9-10H2. The SMILES string of the molecule is OC(Cc1cccc(Cl)c1)CC1CCCCO1. The minimum atomic E-state index is -0.337. The van der Waals surface area contributed by atoms with Crippen molar-refractivity contribution in [2.75, 3.05) is 6.61 Å². The first-order valence-electron chi connectivity index (χ1n) is 6.28. The molecule has 0 saturated carbocycles. The number of ether oxygens (including phenoxy) is 1. The van der Waals surface area contributed by atoms with Crippen molar-refractivity contribution in [1.82, 2.24) is 0 Å². The molecule has 1 aromatic rings. The van der Waals surface area contributed by atoms with E-state index in [2.05, 4.69) is 0 Å². The molecule has 1 aliphatic heterocycles. The number of aliphatic hydroxyl groups excluding tert-OH is 1. The van der Waals surface area contributed by atoms with Gasteiger partial charge in [0.1, 0.15) is 0 Å². The van der Waals surface area contributed by atoms with Gasteiger partial charge in [0.2, 0.25) is 0 Å². The predicted octanol–water partition coefficient (Wildman–Crippen LogP) is 3.20. The number of halogens is 1. The zero-order valence-electron chi connectivity index (χ0n) is 9.94. The zero-order valence-corrected chi connectivity index (χ0v) is 10.7. The summed E-state index contributed by atoms with van der Waals surface area (Å²) in [5.74, 6) is 0. The lowest BCUT2D eigenvalue weighted by molar-refractivity contribution is -0.0147. The van der Waals surface area contributed by atoms with Crippen molar-refractivity contribution in [3.05, 3.63) is 34.9 Å². The number of benzene rings is 1. The van der Waals surface area contributed by atoms with E-state index in [1.165, 1.54) is 6.42 Å². The maximum atomic E-state index is 10.0. The molecular formula is C14H19ClO2. The molecule has 1 fully saturated rings. The average Bonchev–Trinajstić information content (AvgIpc) is 2.30. The molecule has 17 heavy (non-hydrogen) atoms. The maximum Gasteiger partial charge on any atom is 0.0605 e. The second-order valence-electron chi connectivity index (χ2n) is 4.71. The monoisotopic (exact) mass is 254 g/mol. The van der Waals surface area contributed by atoms with Gasteiger partial charge in [0.15, 0.2) is 0 Å². The molecule has 1 saturated heterocycles. The molecule has 0 aromatic heterocycles. The quantitative estimate of drug-likeness (QED) is 0.894. The van der Waals surface area contributed by atoms with Gasteiger partial charge in [-0.05, 0) is 49.8 Å². The fourth-order valence-corrected chi connectivity index (χ4v) is 2.53. The van der Waals surface area contributed by atoms with Crippen molar-refractivity contribution in [3.63, 3.8) is 0 Å². The lowest BCUT2D eigenvalue weighted by Gasteiger charge is -2.24. The van der Waals surface area contributed by atoms with Crippen LogP contribution in [0.3, 0.4) is 0 Å². The molecule has 0 amide bonds. The highest BCUT2D eigenvalue weighted by Crippen LogP contribution is 2.19. The normalized spacial score (nSPS) is 22.4. The highest BCUT2D eigenvalue weighted by Gasteiger charge is 2.18. The van der Waals surface area contributed by atoms with Gasteiger partial charge in [-0.3, -0.25) is 0 Å². The summed E-state index contributed by atoms with van der Waals surface area (Å²) in [6.45, 7) is 0.842. The van der Waals surface area contributed by atoms with E-state index in [-0.39, 0.29) is 12.2 Å². The molecule has 94 valence electrons. The predicted molar refractivity (Wildman–Crippen MR) is 69.4 cm³/mol. The number of rotatable bonds is 4. The summed E-state index contributed by atoms with van der Waals surface area (Å²) < 4.78 is 5.62. The zero-order chi connectivity index (χ0) is 12.1. The third-order valence-corrected chi connectivity index (χ3v) is 3.40. The van der Waals surface area contributed by atoms with E-state index in [0.717, 1.165) is 36.5 Å². The van der Waals surface area contributed by atoms with Crippen LogP contribution in [-0.2, 0) is 11.2 Å². The molecule has 0 radical (unpaired) electrons. The Kier molecular flexibility index (Phi) is 4.84. The van der Waals surface area contributed by atoms with Gasteiger partial charge < -0.3 is 9.84 Å². The molecule has 1 N–H and O–H groups in total. The maximum absolute atomic E-state index is 10.0. The Morgan fingerprint density at radius 1 is 1.41 bits per heavy atom. The largest absolute Gasteiger partial charge is 0.393 e. The van der Waals surface area contributed by atoms with Crippen molar-refractivity contribution < 1.29 is 9.84 Å². The van der Waals surface area contributed by atoms with Gasteiger partial charge in [-0.15, -0.1) is 0 Å². The van der Waals surface area contributed by atoms with Gasteiger partial charge in [0, 0.05) is 11.6 Å². The van der Waals surface area contributed by atoms with Crippen LogP contribution in [0.1, 0.15) is 31.2 Å². The molecule has 0 aliphatic carbocycles. The van der Waals surface area contributed by atoms with Crippen LogP contribution in [0, 0.1) is 0 Å². The molecule has 1 aromatic carbocycles. The summed E-state index contributed by atoms with van der Waals surface area (Å²) in [6, 6.07) is 7.67. The fraction of sp³-hybridized carbons (Fsp3) is 0.571. The highest BCUT2D eigenvalue weighted by molar-refractivity contribution is 6.30. The summed E-state index contributed by atoms with van der Waals surface area (Å²) in [5.41, 5.74) is 1.08. The number of aliphatic hydroxyl groups is 1. The molecule has 0 spiro atoms. The molecule has 2 rings (SSSR count). The molecule has 2 unspecified atom stereocenters. The minimum absolute atomic E-state index is 0.234. The van der Waals surface area contributed by atoms with Gasteiger partial charge >= 0.3 is 0 Å². The van der Waals surface area contributed by atoms with Crippen LogP contribution in [0.25, 0.3) is 0 Å². The van der Waals surface area contributed by atoms with E-state index in [4.69, 9.17) is 16.3 Å². The van der Waals surface area contributed by atoms with Crippen LogP contribution in [0.15, 0.2) is 24.3 Å². The van der Waals surface area contributed by atoms with Gasteiger partial charge in [-0.25, -0.2) is 0 Å². The van der Waals surface area contributed by atoms with Gasteiger partial charge in [0.25, 0.3) is 0 Å². The van der Waals surface area contributed by atoms with Gasteiger partial charge in [-0.2, -0.15) is 0 Å². The summed E-state index contributed by atoms with van der Waals surface area (Å²) in [5, 5.41) is 10.7. The van der Waals surface area contributed by atoms with E-state index in [0.29, 0.717) is 6.42 Å². The first kappa shape index (κ1) is 12.9. The fourth-order valence-electron chi connectivity index (χ4n) is 2.32. The Morgan fingerprint density at radius 3 is 3.00 bits per heavy atom. The first-order chi connectivity index (χ1) is 8.24. The lowest BCUT2D eigenvalue weighted by atomic mass is 9.99. The third-order valence-electron chi connectivity index (χ3n) is 3.17. The summed E-state index contributed by atoms with van der Waals surface area (Å²) in [7, 11) is 0. The molecule has 3 heteroatoms. The Hall–Kier alpha value is -0.570. The van der Waals surface area contributed by atoms with E-state index < -0.39 is 0 Å². The van der Waals surface area contributed by atoms with Crippen LogP contribution < -0.4 is 0 Å². The second-order valence-corrected chi connectivity index (χ2v) is 5.15. The van der Waals surface area contributed by atoms with Gasteiger partial charge in [-0.1, -0.05) is 23.7 Å². The van der Waals surface area contributed by atoms with Crippen LogP contribution in [0.5, 0.6) is 0 Å². The molecule has 0 bridgehead atoms. The van der Waals surface area contributed by atoms with Crippen molar-refractivity contribution in [2.45, 2.75) is 44.3 Å². The Balaban J connectivity index is 1.82. The van der Waals surface area contributed by atoms with Crippen LogP contribution >= 0.6 is 11.6 Å². The second kappa shape index (κ2) is 6.39. The highest BCUT2D eigenvalue weighted by atomic mass is 35.5. The minimum Gasteiger partial charge on any atom is -0.393 e. The molecule has 2 atom stereocenters. The summed E-state index contributed by atoms with van der Waals surface area (Å²) >= 11 is 5.91. The molecule has 1 heterocycles. The lowest BCUT2D eigenvalue weighted by Crippen LogP contribution is -2.25.